The van der Waals surface area contributed by atoms with Crippen LogP contribution in [0.15, 0.2) is 65.8 Å². The predicted molar refractivity (Wildman–Crippen MR) is 127 cm³/mol. The van der Waals surface area contributed by atoms with Gasteiger partial charge in [0.1, 0.15) is 5.69 Å². The van der Waals surface area contributed by atoms with Crippen molar-refractivity contribution in [1.82, 2.24) is 15.6 Å². The standard InChI is InChI=1S/C25H22N4O5/c1-15(30)34-24-22(32-2)10-16(11-23(24)33-3)14-26-29-25(31)21-13-20(27-28-21)19-9-8-17-6-4-5-7-18(17)12-19/h4-14H,1-3H3,(H,27,28)(H,29,31). The lowest BCUT2D eigenvalue weighted by Gasteiger charge is -2.13. The second-order valence-corrected chi connectivity index (χ2v) is 7.28. The number of rotatable bonds is 7. The Kier molecular flexibility index (Phi) is 6.54. The van der Waals surface area contributed by atoms with E-state index in [1.165, 1.54) is 27.4 Å². The van der Waals surface area contributed by atoms with E-state index in [1.807, 2.05) is 42.5 Å². The minimum absolute atomic E-state index is 0.164. The Morgan fingerprint density at radius 2 is 1.68 bits per heavy atom. The second-order valence-electron chi connectivity index (χ2n) is 7.28. The topological polar surface area (TPSA) is 115 Å². The summed E-state index contributed by atoms with van der Waals surface area (Å²) in [6.45, 7) is 1.28. The van der Waals surface area contributed by atoms with Crippen LogP contribution in [-0.2, 0) is 4.79 Å². The van der Waals surface area contributed by atoms with Crippen LogP contribution >= 0.6 is 0 Å². The van der Waals surface area contributed by atoms with Crippen molar-refractivity contribution in [2.24, 2.45) is 5.10 Å². The molecule has 1 amide bonds. The number of nitrogens with one attached hydrogen (secondary N) is 2. The molecule has 1 aromatic heterocycles. The third-order valence-corrected chi connectivity index (χ3v) is 4.98. The van der Waals surface area contributed by atoms with Gasteiger partial charge in [-0.05, 0) is 35.0 Å². The summed E-state index contributed by atoms with van der Waals surface area (Å²) in [4.78, 5) is 23.9. The smallest absolute Gasteiger partial charge is 0.308 e. The summed E-state index contributed by atoms with van der Waals surface area (Å²) < 4.78 is 15.7. The molecule has 9 nitrogen and oxygen atoms in total. The molecule has 0 spiro atoms. The number of hydrogen-bond donors (Lipinski definition) is 2. The first-order chi connectivity index (χ1) is 16.5. The first-order valence-electron chi connectivity index (χ1n) is 10.3. The highest BCUT2D eigenvalue weighted by Gasteiger charge is 2.16. The quantitative estimate of drug-likeness (QED) is 0.188. The fourth-order valence-corrected chi connectivity index (χ4v) is 3.38. The van der Waals surface area contributed by atoms with E-state index in [-0.39, 0.29) is 22.9 Å². The molecule has 172 valence electrons. The van der Waals surface area contributed by atoms with Gasteiger partial charge in [-0.2, -0.15) is 10.2 Å². The van der Waals surface area contributed by atoms with Gasteiger partial charge in [0.05, 0.1) is 26.1 Å². The molecule has 0 aliphatic heterocycles. The largest absolute Gasteiger partial charge is 0.493 e. The van der Waals surface area contributed by atoms with Crippen molar-refractivity contribution in [3.05, 3.63) is 71.9 Å². The summed E-state index contributed by atoms with van der Waals surface area (Å²) >= 11 is 0. The first-order valence-corrected chi connectivity index (χ1v) is 10.3. The summed E-state index contributed by atoms with van der Waals surface area (Å²) in [5.74, 6) is -0.219. The van der Waals surface area contributed by atoms with Crippen molar-refractivity contribution >= 4 is 28.9 Å². The molecule has 0 bridgehead atoms. The van der Waals surface area contributed by atoms with Crippen LogP contribution in [0.1, 0.15) is 23.0 Å². The Morgan fingerprint density at radius 3 is 2.35 bits per heavy atom. The van der Waals surface area contributed by atoms with E-state index >= 15 is 0 Å². The Hall–Kier alpha value is -4.66. The van der Waals surface area contributed by atoms with E-state index in [9.17, 15) is 9.59 Å². The number of amides is 1. The molecule has 4 rings (SSSR count). The van der Waals surface area contributed by atoms with Crippen LogP contribution in [0.25, 0.3) is 22.0 Å². The summed E-state index contributed by atoms with van der Waals surface area (Å²) in [6, 6.07) is 18.9. The number of nitrogens with zero attached hydrogens (tertiary/aromatic N) is 2. The lowest BCUT2D eigenvalue weighted by atomic mass is 10.1. The molecule has 0 fully saturated rings. The van der Waals surface area contributed by atoms with E-state index in [2.05, 4.69) is 20.7 Å². The molecule has 0 atom stereocenters. The third kappa shape index (κ3) is 4.88. The zero-order chi connectivity index (χ0) is 24.1. The van der Waals surface area contributed by atoms with Crippen molar-refractivity contribution in [3.8, 4) is 28.5 Å². The number of ether oxygens (including phenoxy) is 3. The zero-order valence-electron chi connectivity index (χ0n) is 18.8. The Labute approximate surface area is 195 Å². The van der Waals surface area contributed by atoms with Crippen molar-refractivity contribution < 1.29 is 23.8 Å². The van der Waals surface area contributed by atoms with Crippen LogP contribution in [0.3, 0.4) is 0 Å². The predicted octanol–water partition coefficient (Wildman–Crippen LogP) is 3.94. The van der Waals surface area contributed by atoms with Crippen molar-refractivity contribution in [1.29, 1.82) is 0 Å². The molecule has 0 saturated carbocycles. The number of carbonyl (C=O) groups is 2. The van der Waals surface area contributed by atoms with Gasteiger partial charge in [0.15, 0.2) is 11.5 Å². The average molecular weight is 458 g/mol. The molecule has 0 unspecified atom stereocenters. The van der Waals surface area contributed by atoms with Crippen molar-refractivity contribution in [3.63, 3.8) is 0 Å². The molecule has 4 aromatic rings. The van der Waals surface area contributed by atoms with E-state index in [1.54, 1.807) is 18.2 Å². The lowest BCUT2D eigenvalue weighted by Crippen LogP contribution is -2.18. The Morgan fingerprint density at radius 1 is 0.971 bits per heavy atom. The second kappa shape index (κ2) is 9.86. The lowest BCUT2D eigenvalue weighted by molar-refractivity contribution is -0.132. The fraction of sp³-hybridized carbons (Fsp3) is 0.120. The Bertz CT molecular complexity index is 1370. The van der Waals surface area contributed by atoms with Gasteiger partial charge in [-0.25, -0.2) is 5.43 Å². The van der Waals surface area contributed by atoms with Crippen LogP contribution in [0.2, 0.25) is 0 Å². The van der Waals surface area contributed by atoms with Gasteiger partial charge in [0, 0.05) is 18.1 Å². The number of carbonyl (C=O) groups excluding carboxylic acids is 2. The summed E-state index contributed by atoms with van der Waals surface area (Å²) in [5.41, 5.74) is 4.82. The maximum atomic E-state index is 12.5. The number of fused-ring (bicyclic) bond motifs is 1. The summed E-state index contributed by atoms with van der Waals surface area (Å²) in [5, 5.41) is 13.2. The highest BCUT2D eigenvalue weighted by molar-refractivity contribution is 5.95. The molecular formula is C25H22N4O5. The van der Waals surface area contributed by atoms with Gasteiger partial charge in [-0.15, -0.1) is 0 Å². The van der Waals surface area contributed by atoms with Crippen molar-refractivity contribution in [2.45, 2.75) is 6.92 Å². The average Bonchev–Trinajstić information content (AvgIpc) is 3.34. The number of H-pyrrole nitrogens is 1. The summed E-state index contributed by atoms with van der Waals surface area (Å²) in [7, 11) is 2.88. The minimum atomic E-state index is -0.507. The molecular weight excluding hydrogens is 436 g/mol. The van der Waals surface area contributed by atoms with E-state index in [0.29, 0.717) is 11.3 Å². The molecule has 3 aromatic carbocycles. The normalized spacial score (nSPS) is 10.9. The van der Waals surface area contributed by atoms with Crippen molar-refractivity contribution in [2.75, 3.05) is 14.2 Å². The number of esters is 1. The van der Waals surface area contributed by atoms with E-state index in [0.717, 1.165) is 16.3 Å². The van der Waals surface area contributed by atoms with Crippen LogP contribution in [-0.4, -0.2) is 42.5 Å². The molecule has 1 heterocycles. The molecule has 0 saturated heterocycles. The van der Waals surface area contributed by atoms with Crippen LogP contribution in [0.4, 0.5) is 0 Å². The van der Waals surface area contributed by atoms with Gasteiger partial charge < -0.3 is 14.2 Å². The molecule has 0 aliphatic rings. The molecule has 34 heavy (non-hydrogen) atoms. The molecule has 0 radical (unpaired) electrons. The van der Waals surface area contributed by atoms with Crippen LogP contribution in [0.5, 0.6) is 17.2 Å². The molecule has 0 aliphatic carbocycles. The van der Waals surface area contributed by atoms with Crippen LogP contribution < -0.4 is 19.6 Å². The van der Waals surface area contributed by atoms with Gasteiger partial charge in [-0.1, -0.05) is 36.4 Å². The third-order valence-electron chi connectivity index (χ3n) is 4.98. The zero-order valence-corrected chi connectivity index (χ0v) is 18.8. The van der Waals surface area contributed by atoms with E-state index in [4.69, 9.17) is 14.2 Å². The van der Waals surface area contributed by atoms with E-state index < -0.39 is 11.9 Å². The number of methoxy groups -OCH3 is 2. The highest BCUT2D eigenvalue weighted by Crippen LogP contribution is 2.38. The maximum Gasteiger partial charge on any atom is 0.308 e. The van der Waals surface area contributed by atoms with Gasteiger partial charge >= 0.3 is 5.97 Å². The first kappa shape index (κ1) is 22.5. The fourth-order valence-electron chi connectivity index (χ4n) is 3.38. The number of aromatic nitrogens is 2. The van der Waals surface area contributed by atoms with Crippen LogP contribution in [0, 0.1) is 0 Å². The number of aromatic amines is 1. The number of benzene rings is 3. The summed E-state index contributed by atoms with van der Waals surface area (Å²) in [6.07, 6.45) is 1.42. The Balaban J connectivity index is 1.48. The maximum absolute atomic E-state index is 12.5. The van der Waals surface area contributed by atoms with Gasteiger partial charge in [0.2, 0.25) is 5.75 Å². The minimum Gasteiger partial charge on any atom is -0.493 e. The van der Waals surface area contributed by atoms with Gasteiger partial charge in [-0.3, -0.25) is 14.7 Å². The molecule has 9 heteroatoms. The SMILES string of the molecule is COc1cc(C=NNC(=O)c2cc(-c3ccc4ccccc4c3)n[nH]2)cc(OC)c1OC(C)=O. The monoisotopic (exact) mass is 458 g/mol. The molecule has 2 N–H and O–H groups in total. The number of hydrogen-bond acceptors (Lipinski definition) is 7. The number of hydrazone groups is 1. The van der Waals surface area contributed by atoms with Gasteiger partial charge in [0.25, 0.3) is 5.91 Å². The highest BCUT2D eigenvalue weighted by atomic mass is 16.6.